The number of phenolic OH excluding ortho intramolecular Hbond substituents is 1. The van der Waals surface area contributed by atoms with Gasteiger partial charge >= 0.3 is 0 Å². The highest BCUT2D eigenvalue weighted by atomic mass is 16.3. The average molecular weight is 596 g/mol. The maximum Gasteiger partial charge on any atom is 0.255 e. The number of hydrogen-bond donors (Lipinski definition) is 6. The van der Waals surface area contributed by atoms with E-state index in [1.54, 1.807) is 20.2 Å². The summed E-state index contributed by atoms with van der Waals surface area (Å²) in [7, 11) is 3.14. The van der Waals surface area contributed by atoms with E-state index in [-0.39, 0.29) is 29.7 Å². The molecule has 6 rings (SSSR count). The molecule has 3 aliphatic rings. The third-order valence-electron chi connectivity index (χ3n) is 9.14. The van der Waals surface area contributed by atoms with E-state index in [4.69, 9.17) is 5.73 Å². The molecule has 4 atom stereocenters. The van der Waals surface area contributed by atoms with Crippen LogP contribution in [0.25, 0.3) is 16.9 Å². The SMILES string of the molecule is CN(C)[C@H]1C(=O)C(C(N)=O)=C(O)[C@]2(O)C(=O)C3=C(O)c4c(O)ccc(-c5ccc(CNc6ccccc6)cc5)c4C[C@@H]3C[C@@H]12. The van der Waals surface area contributed by atoms with Gasteiger partial charge < -0.3 is 31.5 Å². The Balaban J connectivity index is 1.41. The number of aromatic hydroxyl groups is 1. The molecule has 0 heterocycles. The van der Waals surface area contributed by atoms with Crippen molar-refractivity contribution in [2.24, 2.45) is 17.6 Å². The molecular weight excluding hydrogens is 562 g/mol. The summed E-state index contributed by atoms with van der Waals surface area (Å²) in [6.07, 6.45) is 0.251. The number of benzene rings is 3. The topological polar surface area (TPSA) is 173 Å². The highest BCUT2D eigenvalue weighted by molar-refractivity contribution is 6.24. The molecule has 0 radical (unpaired) electrons. The summed E-state index contributed by atoms with van der Waals surface area (Å²) in [6, 6.07) is 19.8. The fourth-order valence-corrected chi connectivity index (χ4v) is 7.08. The number of phenols is 1. The van der Waals surface area contributed by atoms with E-state index in [9.17, 15) is 34.8 Å². The molecule has 44 heavy (non-hydrogen) atoms. The second-order valence-corrected chi connectivity index (χ2v) is 11.9. The number of nitrogens with zero attached hydrogens (tertiary/aromatic N) is 1. The lowest BCUT2D eigenvalue weighted by Crippen LogP contribution is -2.65. The zero-order chi connectivity index (χ0) is 31.5. The van der Waals surface area contributed by atoms with Crippen molar-refractivity contribution >= 4 is 28.9 Å². The zero-order valence-corrected chi connectivity index (χ0v) is 24.2. The largest absolute Gasteiger partial charge is 0.508 e. The van der Waals surface area contributed by atoms with Crippen LogP contribution in [-0.2, 0) is 27.3 Å². The second kappa shape index (κ2) is 10.7. The zero-order valence-electron chi connectivity index (χ0n) is 24.2. The number of fused-ring (bicyclic) bond motifs is 3. The van der Waals surface area contributed by atoms with E-state index in [1.807, 2.05) is 54.6 Å². The summed E-state index contributed by atoms with van der Waals surface area (Å²) in [5.41, 5.74) is 6.03. The number of nitrogens with two attached hydrogens (primary N) is 1. The van der Waals surface area contributed by atoms with E-state index >= 15 is 0 Å². The van der Waals surface area contributed by atoms with Gasteiger partial charge in [0, 0.05) is 23.7 Å². The minimum atomic E-state index is -2.67. The normalized spacial score (nSPS) is 24.6. The van der Waals surface area contributed by atoms with E-state index in [1.165, 1.54) is 11.0 Å². The Bertz CT molecular complexity index is 1760. The number of hydrogen-bond acceptors (Lipinski definition) is 9. The number of rotatable bonds is 6. The summed E-state index contributed by atoms with van der Waals surface area (Å²) in [5.74, 6) is -6.71. The molecule has 0 aromatic heterocycles. The molecule has 0 bridgehead atoms. The van der Waals surface area contributed by atoms with Crippen LogP contribution >= 0.6 is 0 Å². The van der Waals surface area contributed by atoms with Crippen molar-refractivity contribution in [3.05, 3.63) is 100 Å². The summed E-state index contributed by atoms with van der Waals surface area (Å²) in [6.45, 7) is 0.615. The summed E-state index contributed by atoms with van der Waals surface area (Å²) < 4.78 is 0. The summed E-state index contributed by atoms with van der Waals surface area (Å²) >= 11 is 0. The summed E-state index contributed by atoms with van der Waals surface area (Å²) in [5, 5.41) is 48.5. The smallest absolute Gasteiger partial charge is 0.255 e. The number of nitrogens with one attached hydrogen (secondary N) is 1. The predicted octanol–water partition coefficient (Wildman–Crippen LogP) is 3.24. The van der Waals surface area contributed by atoms with Crippen molar-refractivity contribution in [2.45, 2.75) is 31.0 Å². The van der Waals surface area contributed by atoms with Gasteiger partial charge in [-0.15, -0.1) is 0 Å². The maximum absolute atomic E-state index is 14.0. The van der Waals surface area contributed by atoms with Gasteiger partial charge in [-0.05, 0) is 73.3 Å². The van der Waals surface area contributed by atoms with Crippen molar-refractivity contribution in [3.8, 4) is 16.9 Å². The van der Waals surface area contributed by atoms with Crippen LogP contribution in [0.5, 0.6) is 5.75 Å². The molecule has 226 valence electrons. The number of para-hydroxylation sites is 1. The Morgan fingerprint density at radius 2 is 1.68 bits per heavy atom. The van der Waals surface area contributed by atoms with Gasteiger partial charge in [-0.2, -0.15) is 0 Å². The van der Waals surface area contributed by atoms with Gasteiger partial charge in [0.15, 0.2) is 11.4 Å². The highest BCUT2D eigenvalue weighted by Crippen LogP contribution is 2.53. The van der Waals surface area contributed by atoms with E-state index in [0.29, 0.717) is 12.1 Å². The predicted molar refractivity (Wildman–Crippen MR) is 163 cm³/mol. The van der Waals surface area contributed by atoms with Gasteiger partial charge in [-0.1, -0.05) is 48.5 Å². The maximum atomic E-state index is 14.0. The molecular formula is C34H33N3O7. The number of Topliss-reactive ketones (excluding diaryl/α,β-unsaturated/α-hetero) is 2. The molecule has 0 spiro atoms. The van der Waals surface area contributed by atoms with Crippen LogP contribution in [0.2, 0.25) is 0 Å². The fourth-order valence-electron chi connectivity index (χ4n) is 7.08. The highest BCUT2D eigenvalue weighted by Gasteiger charge is 2.64. The van der Waals surface area contributed by atoms with Crippen LogP contribution in [0.1, 0.15) is 23.1 Å². The Morgan fingerprint density at radius 3 is 2.32 bits per heavy atom. The minimum Gasteiger partial charge on any atom is -0.508 e. The monoisotopic (exact) mass is 595 g/mol. The van der Waals surface area contributed by atoms with Crippen LogP contribution < -0.4 is 11.1 Å². The van der Waals surface area contributed by atoms with Gasteiger partial charge in [0.1, 0.15) is 22.8 Å². The van der Waals surface area contributed by atoms with Gasteiger partial charge in [0.05, 0.1) is 11.6 Å². The Labute approximate surface area is 253 Å². The first-order valence-corrected chi connectivity index (χ1v) is 14.3. The van der Waals surface area contributed by atoms with Crippen LogP contribution in [0.15, 0.2) is 83.6 Å². The number of aliphatic hydroxyl groups is 3. The molecule has 1 amide bonds. The molecule has 1 fully saturated rings. The molecule has 10 heteroatoms. The van der Waals surface area contributed by atoms with Crippen LogP contribution in [0, 0.1) is 11.8 Å². The lowest BCUT2D eigenvalue weighted by Gasteiger charge is -2.50. The van der Waals surface area contributed by atoms with Crippen molar-refractivity contribution in [3.63, 3.8) is 0 Å². The first-order valence-electron chi connectivity index (χ1n) is 14.3. The molecule has 0 saturated heterocycles. The number of aliphatic hydroxyl groups excluding tert-OH is 2. The number of primary amides is 1. The van der Waals surface area contributed by atoms with Crippen LogP contribution in [0.3, 0.4) is 0 Å². The molecule has 0 unspecified atom stereocenters. The molecule has 7 N–H and O–H groups in total. The fraction of sp³-hybridized carbons (Fsp3) is 0.265. The van der Waals surface area contributed by atoms with Gasteiger partial charge in [0.25, 0.3) is 5.91 Å². The molecule has 0 aliphatic heterocycles. The molecule has 3 aromatic rings. The number of carbonyl (C=O) groups excluding carboxylic acids is 3. The summed E-state index contributed by atoms with van der Waals surface area (Å²) in [4.78, 5) is 41.0. The number of amides is 1. The van der Waals surface area contributed by atoms with Crippen LogP contribution in [-0.4, -0.2) is 68.5 Å². The van der Waals surface area contributed by atoms with Gasteiger partial charge in [-0.25, -0.2) is 0 Å². The standard InChI is InChI=1S/C34H33N3O7/c1-37(2)28-23-15-19-14-22-21(18-10-8-17(9-11-18)16-36-20-6-4-3-5-7-20)12-13-24(38)26(22)29(39)25(19)31(41)34(23,44)32(42)27(30(28)40)33(35)43/h3-13,19,23,28,36,38-39,42,44H,14-16H2,1-2H3,(H2,35,43)/t19-,23+,28-,34-/m1/s1. The third kappa shape index (κ3) is 4.37. The number of likely N-dealkylation sites (N-methyl/N-ethyl adjacent to an activating group) is 1. The number of carbonyl (C=O) groups is 3. The first kappa shape index (κ1) is 29.2. The van der Waals surface area contributed by atoms with Crippen molar-refractivity contribution in [2.75, 3.05) is 19.4 Å². The van der Waals surface area contributed by atoms with E-state index in [0.717, 1.165) is 22.4 Å². The third-order valence-corrected chi connectivity index (χ3v) is 9.14. The van der Waals surface area contributed by atoms with Gasteiger partial charge in [-0.3, -0.25) is 19.3 Å². The lowest BCUT2D eigenvalue weighted by molar-refractivity contribution is -0.153. The number of anilines is 1. The minimum absolute atomic E-state index is 0.0327. The molecule has 3 aliphatic carbocycles. The quantitative estimate of drug-likeness (QED) is 0.234. The second-order valence-electron chi connectivity index (χ2n) is 11.9. The average Bonchev–Trinajstić information content (AvgIpc) is 2.98. The Morgan fingerprint density at radius 1 is 1.00 bits per heavy atom. The Kier molecular flexibility index (Phi) is 7.06. The van der Waals surface area contributed by atoms with Crippen molar-refractivity contribution in [1.29, 1.82) is 0 Å². The van der Waals surface area contributed by atoms with Crippen LogP contribution in [0.4, 0.5) is 5.69 Å². The van der Waals surface area contributed by atoms with E-state index in [2.05, 4.69) is 5.32 Å². The first-order chi connectivity index (χ1) is 20.9. The van der Waals surface area contributed by atoms with Crippen molar-refractivity contribution in [1.82, 2.24) is 4.90 Å². The molecule has 10 nitrogen and oxygen atoms in total. The van der Waals surface area contributed by atoms with Gasteiger partial charge in [0.2, 0.25) is 5.78 Å². The Hall–Kier alpha value is -4.93. The lowest BCUT2D eigenvalue weighted by atomic mass is 9.57. The molecule has 3 aromatic carbocycles. The number of ketones is 2. The van der Waals surface area contributed by atoms with Crippen molar-refractivity contribution < 1.29 is 34.8 Å². The van der Waals surface area contributed by atoms with E-state index < -0.39 is 58.0 Å². The molecule has 1 saturated carbocycles.